The molecule has 0 unspecified atom stereocenters. The first-order valence-corrected chi connectivity index (χ1v) is 9.36. The molecule has 1 aliphatic carbocycles. The molecule has 1 saturated carbocycles. The number of phenols is 1. The van der Waals surface area contributed by atoms with Gasteiger partial charge in [0.05, 0.1) is 13.0 Å². The molecule has 0 aromatic heterocycles. The van der Waals surface area contributed by atoms with Crippen LogP contribution in [0.1, 0.15) is 59.7 Å². The van der Waals surface area contributed by atoms with Crippen molar-refractivity contribution in [2.24, 2.45) is 11.8 Å². The van der Waals surface area contributed by atoms with Crippen molar-refractivity contribution in [2.45, 2.75) is 52.6 Å². The van der Waals surface area contributed by atoms with E-state index in [1.807, 2.05) is 13.0 Å². The Morgan fingerprint density at radius 1 is 1.41 bits per heavy atom. The molecule has 0 spiro atoms. The van der Waals surface area contributed by atoms with E-state index in [0.29, 0.717) is 23.3 Å². The summed E-state index contributed by atoms with van der Waals surface area (Å²) in [7, 11) is 1.54. The molecule has 1 aliphatic heterocycles. The van der Waals surface area contributed by atoms with E-state index in [4.69, 9.17) is 9.47 Å². The van der Waals surface area contributed by atoms with Gasteiger partial charge in [0.1, 0.15) is 23.7 Å². The smallest absolute Gasteiger partial charge is 0.342 e. The molecule has 2 atom stereocenters. The second-order valence-corrected chi connectivity index (χ2v) is 7.38. The number of methoxy groups -OCH3 is 1. The van der Waals surface area contributed by atoms with E-state index >= 15 is 0 Å². The zero-order valence-electron chi connectivity index (χ0n) is 16.0. The number of cyclic esters (lactones) is 1. The lowest BCUT2D eigenvalue weighted by Gasteiger charge is -2.28. The molecule has 3 rings (SSSR count). The highest BCUT2D eigenvalue weighted by atomic mass is 16.5. The molecule has 1 aromatic rings. The number of phenolic OH excluding ortho intramolecular Hbond substituents is 1. The number of carboxylic acids is 1. The van der Waals surface area contributed by atoms with Gasteiger partial charge in [0, 0.05) is 11.1 Å². The Morgan fingerprint density at radius 2 is 2.15 bits per heavy atom. The highest BCUT2D eigenvalue weighted by molar-refractivity contribution is 5.98. The van der Waals surface area contributed by atoms with E-state index < -0.39 is 17.9 Å². The third kappa shape index (κ3) is 3.40. The van der Waals surface area contributed by atoms with Crippen LogP contribution in [-0.2, 0) is 22.6 Å². The van der Waals surface area contributed by atoms with E-state index in [0.717, 1.165) is 36.8 Å². The van der Waals surface area contributed by atoms with Crippen molar-refractivity contribution in [2.75, 3.05) is 7.11 Å². The maximum absolute atomic E-state index is 12.0. The highest BCUT2D eigenvalue weighted by Gasteiger charge is 2.33. The van der Waals surface area contributed by atoms with E-state index in [-0.39, 0.29) is 23.8 Å². The number of esters is 1. The first kappa shape index (κ1) is 19.3. The molecule has 6 nitrogen and oxygen atoms in total. The van der Waals surface area contributed by atoms with Gasteiger partial charge in [0.2, 0.25) is 0 Å². The van der Waals surface area contributed by atoms with Gasteiger partial charge in [0.25, 0.3) is 0 Å². The summed E-state index contributed by atoms with van der Waals surface area (Å²) >= 11 is 0. The molecule has 27 heavy (non-hydrogen) atoms. The maximum atomic E-state index is 12.0. The van der Waals surface area contributed by atoms with Crippen LogP contribution >= 0.6 is 0 Å². The number of benzene rings is 1. The average Bonchev–Trinajstić information content (AvgIpc) is 3.05. The van der Waals surface area contributed by atoms with Gasteiger partial charge >= 0.3 is 11.9 Å². The Balaban J connectivity index is 1.99. The van der Waals surface area contributed by atoms with Crippen LogP contribution in [0.15, 0.2) is 11.6 Å². The molecule has 1 heterocycles. The lowest BCUT2D eigenvalue weighted by molar-refractivity contribution is -0.142. The summed E-state index contributed by atoms with van der Waals surface area (Å²) in [5, 5.41) is 20.1. The normalized spacial score (nSPS) is 21.7. The predicted molar refractivity (Wildman–Crippen MR) is 99.1 cm³/mol. The Bertz CT molecular complexity index is 808. The quantitative estimate of drug-likeness (QED) is 0.602. The van der Waals surface area contributed by atoms with Crippen LogP contribution in [0.5, 0.6) is 11.5 Å². The van der Waals surface area contributed by atoms with Gasteiger partial charge in [-0.1, -0.05) is 25.0 Å². The lowest BCUT2D eigenvalue weighted by atomic mass is 9.76. The van der Waals surface area contributed by atoms with Gasteiger partial charge in [-0.25, -0.2) is 4.79 Å². The molecule has 2 aliphatic rings. The minimum atomic E-state index is -0.788. The molecule has 146 valence electrons. The van der Waals surface area contributed by atoms with Gasteiger partial charge in [-0.05, 0) is 44.1 Å². The van der Waals surface area contributed by atoms with Crippen LogP contribution in [0.25, 0.3) is 0 Å². The Hall–Kier alpha value is -2.50. The molecule has 6 heteroatoms. The first-order chi connectivity index (χ1) is 12.9. The number of fused-ring (bicyclic) bond motifs is 1. The van der Waals surface area contributed by atoms with Crippen LogP contribution in [0, 0.1) is 18.8 Å². The van der Waals surface area contributed by atoms with Crippen molar-refractivity contribution in [1.29, 1.82) is 0 Å². The van der Waals surface area contributed by atoms with Gasteiger partial charge in [-0.3, -0.25) is 4.79 Å². The van der Waals surface area contributed by atoms with Gasteiger partial charge < -0.3 is 19.7 Å². The van der Waals surface area contributed by atoms with Crippen molar-refractivity contribution in [3.63, 3.8) is 0 Å². The highest BCUT2D eigenvalue weighted by Crippen LogP contribution is 2.43. The minimum Gasteiger partial charge on any atom is -0.507 e. The number of ether oxygens (including phenoxy) is 2. The third-order valence-electron chi connectivity index (χ3n) is 5.92. The summed E-state index contributed by atoms with van der Waals surface area (Å²) in [6, 6.07) is 0. The zero-order chi connectivity index (χ0) is 19.7. The van der Waals surface area contributed by atoms with Gasteiger partial charge in [-0.15, -0.1) is 0 Å². The molecule has 0 radical (unpaired) electrons. The fourth-order valence-electron chi connectivity index (χ4n) is 4.32. The molecule has 1 aromatic carbocycles. The Morgan fingerprint density at radius 3 is 2.81 bits per heavy atom. The van der Waals surface area contributed by atoms with Crippen molar-refractivity contribution < 1.29 is 29.3 Å². The fraction of sp³-hybridized carbons (Fsp3) is 0.524. The Kier molecular flexibility index (Phi) is 5.44. The summed E-state index contributed by atoms with van der Waals surface area (Å²) in [5.74, 6) is -1.28. The molecule has 0 bridgehead atoms. The molecular formula is C21H26O6. The van der Waals surface area contributed by atoms with Crippen molar-refractivity contribution in [1.82, 2.24) is 0 Å². The standard InChI is InChI=1S/C21H26O6/c1-11-16-10-27-21(25)17(16)18(22)15(19(11)26-3)9-8-13-6-4-5-7-14(13)12(2)20(23)24/h8,12,14,22H,4-7,9-10H2,1-3H3,(H,23,24)/t12-,14-/m0/s1. The number of aromatic hydroxyl groups is 1. The number of hydrogen-bond donors (Lipinski definition) is 2. The second kappa shape index (κ2) is 7.62. The molecule has 0 amide bonds. The van der Waals surface area contributed by atoms with Crippen molar-refractivity contribution >= 4 is 11.9 Å². The monoisotopic (exact) mass is 374 g/mol. The van der Waals surface area contributed by atoms with E-state index in [9.17, 15) is 19.8 Å². The van der Waals surface area contributed by atoms with Crippen LogP contribution in [-0.4, -0.2) is 29.3 Å². The number of hydrogen-bond acceptors (Lipinski definition) is 5. The number of carbonyl (C=O) groups excluding carboxylic acids is 1. The minimum absolute atomic E-state index is 0.00452. The van der Waals surface area contributed by atoms with Crippen LogP contribution < -0.4 is 4.74 Å². The summed E-state index contributed by atoms with van der Waals surface area (Å²) in [5.41, 5.74) is 3.34. The predicted octanol–water partition coefficient (Wildman–Crippen LogP) is 3.76. The topological polar surface area (TPSA) is 93.1 Å². The first-order valence-electron chi connectivity index (χ1n) is 9.36. The third-order valence-corrected chi connectivity index (χ3v) is 5.92. The number of rotatable bonds is 5. The van der Waals surface area contributed by atoms with Crippen LogP contribution in [0.4, 0.5) is 0 Å². The molecule has 0 saturated heterocycles. The van der Waals surface area contributed by atoms with E-state index in [2.05, 4.69) is 0 Å². The number of aliphatic carboxylic acids is 1. The molecular weight excluding hydrogens is 348 g/mol. The Labute approximate surface area is 158 Å². The summed E-state index contributed by atoms with van der Waals surface area (Å²) in [4.78, 5) is 23.5. The number of allylic oxidation sites excluding steroid dienone is 2. The van der Waals surface area contributed by atoms with E-state index in [1.54, 1.807) is 14.0 Å². The maximum Gasteiger partial charge on any atom is 0.342 e. The number of carbonyl (C=O) groups is 2. The second-order valence-electron chi connectivity index (χ2n) is 7.38. The fourth-order valence-corrected chi connectivity index (χ4v) is 4.32. The molecule has 1 fully saturated rings. The number of carboxylic acid groups (broad SMARTS) is 1. The largest absolute Gasteiger partial charge is 0.507 e. The van der Waals surface area contributed by atoms with Gasteiger partial charge in [0.15, 0.2) is 0 Å². The summed E-state index contributed by atoms with van der Waals surface area (Å²) < 4.78 is 10.6. The zero-order valence-corrected chi connectivity index (χ0v) is 16.0. The van der Waals surface area contributed by atoms with Crippen LogP contribution in [0.3, 0.4) is 0 Å². The van der Waals surface area contributed by atoms with Crippen LogP contribution in [0.2, 0.25) is 0 Å². The SMILES string of the molecule is COc1c(C)c2c(c(O)c1CC=C1CCCC[C@H]1[C@H](C)C(=O)O)C(=O)OC2. The van der Waals surface area contributed by atoms with Crippen molar-refractivity contribution in [3.05, 3.63) is 33.9 Å². The summed E-state index contributed by atoms with van der Waals surface area (Å²) in [6.07, 6.45) is 6.17. The average molecular weight is 374 g/mol. The lowest BCUT2D eigenvalue weighted by Crippen LogP contribution is -2.24. The molecule has 2 N–H and O–H groups in total. The summed E-state index contributed by atoms with van der Waals surface area (Å²) in [6.45, 7) is 3.74. The van der Waals surface area contributed by atoms with Gasteiger partial charge in [-0.2, -0.15) is 0 Å². The van der Waals surface area contributed by atoms with E-state index in [1.165, 1.54) is 0 Å². The van der Waals surface area contributed by atoms with Crippen molar-refractivity contribution in [3.8, 4) is 11.5 Å².